The summed E-state index contributed by atoms with van der Waals surface area (Å²) in [4.78, 5) is 66.0. The highest BCUT2D eigenvalue weighted by molar-refractivity contribution is 6.38. The van der Waals surface area contributed by atoms with Crippen molar-refractivity contribution in [3.63, 3.8) is 0 Å². The first-order valence-corrected chi connectivity index (χ1v) is 14.9. The molecule has 1 saturated carbocycles. The minimum Gasteiger partial charge on any atom is -0.484 e. The number of carbonyl (C=O) groups excluding carboxylic acids is 5. The first kappa shape index (κ1) is 30.5. The molecule has 2 aliphatic heterocycles. The molecule has 10 nitrogen and oxygen atoms in total. The number of rotatable bonds is 10. The van der Waals surface area contributed by atoms with Crippen LogP contribution in [0.15, 0.2) is 42.5 Å². The van der Waals surface area contributed by atoms with Crippen molar-refractivity contribution in [3.05, 3.63) is 53.3 Å². The van der Waals surface area contributed by atoms with E-state index in [0.29, 0.717) is 35.8 Å². The van der Waals surface area contributed by atoms with Crippen LogP contribution in [0.3, 0.4) is 0 Å². The van der Waals surface area contributed by atoms with Crippen LogP contribution in [0.25, 0.3) is 11.1 Å². The van der Waals surface area contributed by atoms with Gasteiger partial charge >= 0.3 is 0 Å². The minimum atomic E-state index is -1.20. The van der Waals surface area contributed by atoms with Crippen molar-refractivity contribution in [1.29, 1.82) is 0 Å². The van der Waals surface area contributed by atoms with Crippen LogP contribution in [-0.2, 0) is 24.0 Å². The summed E-state index contributed by atoms with van der Waals surface area (Å²) in [6, 6.07) is 8.85. The summed E-state index contributed by atoms with van der Waals surface area (Å²) in [5.74, 6) is -3.28. The molecule has 0 unspecified atom stereocenters. The van der Waals surface area contributed by atoms with Crippen LogP contribution in [0.4, 0.5) is 4.39 Å². The number of ketones is 1. The molecule has 3 fully saturated rings. The van der Waals surface area contributed by atoms with Gasteiger partial charge in [-0.2, -0.15) is 0 Å². The van der Waals surface area contributed by atoms with E-state index in [4.69, 9.17) is 16.3 Å². The fraction of sp³-hybridized carbons (Fsp3) is 0.452. The lowest BCUT2D eigenvalue weighted by atomic mass is 9.91. The Morgan fingerprint density at radius 3 is 2.56 bits per heavy atom. The fourth-order valence-electron chi connectivity index (χ4n) is 6.50. The predicted octanol–water partition coefficient (Wildman–Crippen LogP) is 2.48. The summed E-state index contributed by atoms with van der Waals surface area (Å²) < 4.78 is 19.1. The molecule has 1 aliphatic carbocycles. The molecule has 3 aliphatic rings. The molecule has 3 N–H and O–H groups in total. The summed E-state index contributed by atoms with van der Waals surface area (Å²) >= 11 is 6.45. The number of amides is 4. The molecular weight excluding hydrogens is 579 g/mol. The summed E-state index contributed by atoms with van der Waals surface area (Å²) in [6.45, 7) is 0.514. The normalized spacial score (nSPS) is 23.3. The monoisotopic (exact) mass is 612 g/mol. The minimum absolute atomic E-state index is 0.00360. The third-order valence-electron chi connectivity index (χ3n) is 8.70. The summed E-state index contributed by atoms with van der Waals surface area (Å²) in [5, 5.41) is 8.09. The maximum absolute atomic E-state index is 13.7. The summed E-state index contributed by atoms with van der Waals surface area (Å²) in [5.41, 5.74) is 1.41. The number of benzene rings is 2. The molecule has 0 bridgehead atoms. The number of hydrogen-bond acceptors (Lipinski definition) is 6. The Balaban J connectivity index is 1.28. The molecule has 2 saturated heterocycles. The maximum atomic E-state index is 13.7. The Kier molecular flexibility index (Phi) is 9.29. The molecule has 0 aromatic heterocycles. The van der Waals surface area contributed by atoms with Crippen LogP contribution in [-0.4, -0.2) is 73.1 Å². The lowest BCUT2D eigenvalue weighted by Gasteiger charge is -2.29. The van der Waals surface area contributed by atoms with Gasteiger partial charge in [-0.25, -0.2) is 4.39 Å². The van der Waals surface area contributed by atoms with Gasteiger partial charge in [-0.3, -0.25) is 24.0 Å². The molecule has 5 atom stereocenters. The first-order chi connectivity index (χ1) is 20.7. The van der Waals surface area contributed by atoms with Gasteiger partial charge in [0.05, 0.1) is 11.1 Å². The maximum Gasteiger partial charge on any atom is 0.289 e. The number of hydrogen-bond donors (Lipinski definition) is 3. The smallest absolute Gasteiger partial charge is 0.289 e. The number of likely N-dealkylation sites (N-methyl/N-ethyl adjacent to an activating group) is 1. The van der Waals surface area contributed by atoms with E-state index in [0.717, 1.165) is 24.8 Å². The quantitative estimate of drug-likeness (QED) is 0.353. The highest BCUT2D eigenvalue weighted by Gasteiger charge is 2.50. The van der Waals surface area contributed by atoms with Crippen LogP contribution in [0.1, 0.15) is 32.1 Å². The van der Waals surface area contributed by atoms with E-state index >= 15 is 0 Å². The zero-order valence-corrected chi connectivity index (χ0v) is 24.5. The Labute approximate surface area is 253 Å². The first-order valence-electron chi connectivity index (χ1n) is 14.5. The molecule has 12 heteroatoms. The fourth-order valence-corrected chi connectivity index (χ4v) is 6.78. The molecule has 228 valence electrons. The van der Waals surface area contributed by atoms with E-state index in [1.165, 1.54) is 24.1 Å². The number of Topliss-reactive ketones (excluding diaryl/α,β-unsaturated/α-hetero) is 1. The van der Waals surface area contributed by atoms with Crippen LogP contribution < -0.4 is 20.7 Å². The Bertz CT molecular complexity index is 1420. The molecule has 2 heterocycles. The van der Waals surface area contributed by atoms with Crippen molar-refractivity contribution >= 4 is 41.0 Å². The summed E-state index contributed by atoms with van der Waals surface area (Å²) in [7, 11) is 1.32. The zero-order valence-electron chi connectivity index (χ0n) is 23.7. The molecule has 4 amide bonds. The average Bonchev–Trinajstić information content (AvgIpc) is 3.71. The van der Waals surface area contributed by atoms with Gasteiger partial charge < -0.3 is 25.6 Å². The molecule has 2 aromatic carbocycles. The Hall–Kier alpha value is -3.99. The van der Waals surface area contributed by atoms with E-state index in [2.05, 4.69) is 16.0 Å². The van der Waals surface area contributed by atoms with Crippen molar-refractivity contribution in [2.24, 2.45) is 17.8 Å². The third-order valence-corrected chi connectivity index (χ3v) is 9.02. The molecule has 43 heavy (non-hydrogen) atoms. The van der Waals surface area contributed by atoms with Crippen molar-refractivity contribution in [1.82, 2.24) is 20.9 Å². The van der Waals surface area contributed by atoms with Gasteiger partial charge in [0, 0.05) is 31.6 Å². The van der Waals surface area contributed by atoms with Crippen LogP contribution >= 0.6 is 11.6 Å². The second-order valence-electron chi connectivity index (χ2n) is 11.3. The van der Waals surface area contributed by atoms with Gasteiger partial charge in [-0.1, -0.05) is 30.2 Å². The number of likely N-dealkylation sites (tertiary alicyclic amines) is 1. The van der Waals surface area contributed by atoms with Crippen molar-refractivity contribution in [2.75, 3.05) is 26.7 Å². The lowest BCUT2D eigenvalue weighted by Crippen LogP contribution is -2.55. The number of ether oxygens (including phenoxy) is 1. The van der Waals surface area contributed by atoms with E-state index in [1.807, 2.05) is 0 Å². The second-order valence-corrected chi connectivity index (χ2v) is 11.7. The molecular formula is C31H34ClFN4O6. The largest absolute Gasteiger partial charge is 0.484 e. The van der Waals surface area contributed by atoms with Crippen molar-refractivity contribution in [2.45, 2.75) is 44.2 Å². The average molecular weight is 613 g/mol. The van der Waals surface area contributed by atoms with Crippen molar-refractivity contribution in [3.8, 4) is 16.9 Å². The number of nitrogens with zero attached hydrogens (tertiary/aromatic N) is 1. The van der Waals surface area contributed by atoms with Crippen LogP contribution in [0.2, 0.25) is 5.02 Å². The lowest BCUT2D eigenvalue weighted by molar-refractivity contribution is -0.143. The Morgan fingerprint density at radius 1 is 1.12 bits per heavy atom. The topological polar surface area (TPSA) is 134 Å². The standard InChI is InChI=1S/C31H34ClFN4O6/c1-34-31(42)28(39)25(13-18-11-12-35-29(18)40)36-30(41)27-23-4-2-3-19(23)15-37(27)26(38)16-43-21-9-10-22(24(32)14-21)17-5-7-20(33)8-6-17/h5-10,14,18-19,23,25,27H,2-4,11-13,15-16H2,1H3,(H,34,42)(H,35,40)(H,36,41)/t18-,19-,23-,25-,27-/m0/s1. The van der Waals surface area contributed by atoms with Gasteiger partial charge in [-0.05, 0) is 73.4 Å². The predicted molar refractivity (Wildman–Crippen MR) is 155 cm³/mol. The highest BCUT2D eigenvalue weighted by Crippen LogP contribution is 2.42. The summed E-state index contributed by atoms with van der Waals surface area (Å²) in [6.07, 6.45) is 3.06. The third kappa shape index (κ3) is 6.66. The van der Waals surface area contributed by atoms with Gasteiger partial charge in [0.1, 0.15) is 17.6 Å². The van der Waals surface area contributed by atoms with E-state index in [1.54, 1.807) is 30.3 Å². The van der Waals surface area contributed by atoms with Gasteiger partial charge in [-0.15, -0.1) is 0 Å². The van der Waals surface area contributed by atoms with E-state index in [9.17, 15) is 28.4 Å². The number of fused-ring (bicyclic) bond motifs is 1. The molecule has 0 spiro atoms. The molecule has 5 rings (SSSR count). The van der Waals surface area contributed by atoms with Gasteiger partial charge in [0.15, 0.2) is 6.61 Å². The van der Waals surface area contributed by atoms with Gasteiger partial charge in [0.25, 0.3) is 11.8 Å². The zero-order chi connectivity index (χ0) is 30.7. The van der Waals surface area contributed by atoms with Crippen LogP contribution in [0.5, 0.6) is 5.75 Å². The number of carbonyl (C=O) groups is 5. The number of nitrogens with one attached hydrogen (secondary N) is 3. The highest BCUT2D eigenvalue weighted by atomic mass is 35.5. The Morgan fingerprint density at radius 2 is 1.88 bits per heavy atom. The van der Waals surface area contributed by atoms with E-state index < -0.39 is 41.5 Å². The number of halogens is 2. The SMILES string of the molecule is CNC(=O)C(=O)[C@H](C[C@@H]1CCNC1=O)NC(=O)[C@@H]1[C@H]2CCC[C@H]2CN1C(=O)COc1ccc(-c2ccc(F)cc2)c(Cl)c1. The van der Waals surface area contributed by atoms with Gasteiger partial charge in [0.2, 0.25) is 17.6 Å². The van der Waals surface area contributed by atoms with E-state index in [-0.39, 0.29) is 36.6 Å². The second kappa shape index (κ2) is 13.1. The van der Waals surface area contributed by atoms with Crippen LogP contribution in [0, 0.1) is 23.6 Å². The molecule has 0 radical (unpaired) electrons. The molecule has 2 aromatic rings. The van der Waals surface area contributed by atoms with Crippen molar-refractivity contribution < 1.29 is 33.1 Å².